The van der Waals surface area contributed by atoms with E-state index in [9.17, 15) is 9.59 Å². The maximum atomic E-state index is 12.0. The van der Waals surface area contributed by atoms with Gasteiger partial charge in [0.25, 0.3) is 0 Å². The van der Waals surface area contributed by atoms with Crippen LogP contribution in [0, 0.1) is 5.92 Å². The van der Waals surface area contributed by atoms with Crippen LogP contribution in [0.1, 0.15) is 46.0 Å². The molecule has 0 aliphatic carbocycles. The normalized spacial score (nSPS) is 22.9. The zero-order chi connectivity index (χ0) is 13.5. The van der Waals surface area contributed by atoms with Crippen molar-refractivity contribution in [3.8, 4) is 0 Å². The van der Waals surface area contributed by atoms with Crippen molar-refractivity contribution >= 4 is 11.9 Å². The van der Waals surface area contributed by atoms with Crippen molar-refractivity contribution in [1.29, 1.82) is 0 Å². The van der Waals surface area contributed by atoms with Crippen LogP contribution in [0.4, 0.5) is 0 Å². The van der Waals surface area contributed by atoms with Crippen molar-refractivity contribution in [2.45, 2.75) is 58.0 Å². The van der Waals surface area contributed by atoms with Crippen molar-refractivity contribution in [1.82, 2.24) is 10.6 Å². The third-order valence-corrected chi connectivity index (χ3v) is 3.36. The molecule has 1 fully saturated rings. The molecule has 0 aromatic rings. The number of rotatable bonds is 4. The summed E-state index contributed by atoms with van der Waals surface area (Å²) in [7, 11) is 0. The Balaban J connectivity index is 2.53. The monoisotopic (exact) mass is 256 g/mol. The second-order valence-electron chi connectivity index (χ2n) is 5.28. The fourth-order valence-corrected chi connectivity index (χ4v) is 2.20. The first kappa shape index (κ1) is 15.0. The number of amides is 1. The molecule has 1 amide bonds. The van der Waals surface area contributed by atoms with Crippen molar-refractivity contribution in [3.63, 3.8) is 0 Å². The molecule has 1 saturated heterocycles. The van der Waals surface area contributed by atoms with Gasteiger partial charge < -0.3 is 15.7 Å². The van der Waals surface area contributed by atoms with Gasteiger partial charge in [-0.05, 0) is 25.3 Å². The second kappa shape index (κ2) is 7.36. The lowest BCUT2D eigenvalue weighted by molar-refractivity contribution is -0.143. The Morgan fingerprint density at radius 2 is 1.89 bits per heavy atom. The molecule has 5 nitrogen and oxygen atoms in total. The van der Waals surface area contributed by atoms with Gasteiger partial charge in [-0.2, -0.15) is 0 Å². The Kier molecular flexibility index (Phi) is 6.12. The van der Waals surface area contributed by atoms with Gasteiger partial charge in [0.15, 0.2) is 0 Å². The number of carboxylic acids is 1. The Morgan fingerprint density at radius 1 is 1.22 bits per heavy atom. The number of carboxylic acid groups (broad SMARTS) is 1. The molecule has 18 heavy (non-hydrogen) atoms. The first-order valence-corrected chi connectivity index (χ1v) is 6.79. The molecule has 3 N–H and O–H groups in total. The quantitative estimate of drug-likeness (QED) is 0.704. The van der Waals surface area contributed by atoms with Crippen LogP contribution < -0.4 is 10.6 Å². The molecule has 2 atom stereocenters. The van der Waals surface area contributed by atoms with Crippen molar-refractivity contribution in [2.75, 3.05) is 6.54 Å². The molecule has 1 rings (SSSR count). The SMILES string of the molecule is CC(C)[C@@H](NC(=O)C1CCCCCCN1)C(=O)O. The fraction of sp³-hybridized carbons (Fsp3) is 0.846. The minimum absolute atomic E-state index is 0.111. The lowest BCUT2D eigenvalue weighted by Crippen LogP contribution is -2.52. The van der Waals surface area contributed by atoms with Gasteiger partial charge in [0.2, 0.25) is 5.91 Å². The summed E-state index contributed by atoms with van der Waals surface area (Å²) in [5.41, 5.74) is 0. The number of carbonyl (C=O) groups is 2. The standard InChI is InChI=1S/C13H24N2O3/c1-9(2)11(13(17)18)15-12(16)10-7-5-3-4-6-8-14-10/h9-11,14H,3-8H2,1-2H3,(H,15,16)(H,17,18)/t10?,11-/m1/s1. The summed E-state index contributed by atoms with van der Waals surface area (Å²) >= 11 is 0. The molecular formula is C13H24N2O3. The minimum atomic E-state index is -0.968. The van der Waals surface area contributed by atoms with Crippen LogP contribution >= 0.6 is 0 Å². The molecule has 0 aromatic heterocycles. The van der Waals surface area contributed by atoms with E-state index in [0.29, 0.717) is 0 Å². The number of hydrogen-bond acceptors (Lipinski definition) is 3. The lowest BCUT2D eigenvalue weighted by atomic mass is 10.0. The molecule has 0 aromatic carbocycles. The number of aliphatic carboxylic acids is 1. The van der Waals surface area contributed by atoms with E-state index in [4.69, 9.17) is 5.11 Å². The van der Waals surface area contributed by atoms with E-state index in [1.807, 2.05) is 0 Å². The smallest absolute Gasteiger partial charge is 0.326 e. The van der Waals surface area contributed by atoms with Crippen LogP contribution in [0.3, 0.4) is 0 Å². The van der Waals surface area contributed by atoms with Crippen LogP contribution in [-0.2, 0) is 9.59 Å². The van der Waals surface area contributed by atoms with Gasteiger partial charge in [0, 0.05) is 0 Å². The predicted molar refractivity (Wildman–Crippen MR) is 69.3 cm³/mol. The van der Waals surface area contributed by atoms with E-state index in [1.165, 1.54) is 6.42 Å². The molecule has 0 radical (unpaired) electrons. The molecule has 1 heterocycles. The summed E-state index contributed by atoms with van der Waals surface area (Å²) in [5.74, 6) is -1.26. The van der Waals surface area contributed by atoms with Crippen molar-refractivity contribution in [3.05, 3.63) is 0 Å². The van der Waals surface area contributed by atoms with Crippen LogP contribution in [0.15, 0.2) is 0 Å². The van der Waals surface area contributed by atoms with E-state index in [-0.39, 0.29) is 17.9 Å². The molecular weight excluding hydrogens is 232 g/mol. The third kappa shape index (κ3) is 4.64. The maximum Gasteiger partial charge on any atom is 0.326 e. The Bertz CT molecular complexity index is 284. The Hall–Kier alpha value is -1.10. The Labute approximate surface area is 108 Å². The summed E-state index contributed by atoms with van der Waals surface area (Å²) in [6.45, 7) is 4.42. The minimum Gasteiger partial charge on any atom is -0.480 e. The molecule has 0 bridgehead atoms. The molecule has 1 unspecified atom stereocenters. The predicted octanol–water partition coefficient (Wildman–Crippen LogP) is 1.13. The van der Waals surface area contributed by atoms with Gasteiger partial charge in [-0.3, -0.25) is 4.79 Å². The molecule has 1 aliphatic rings. The van der Waals surface area contributed by atoms with Gasteiger partial charge in [-0.15, -0.1) is 0 Å². The van der Waals surface area contributed by atoms with E-state index >= 15 is 0 Å². The summed E-state index contributed by atoms with van der Waals surface area (Å²) in [6, 6.07) is -1.05. The largest absolute Gasteiger partial charge is 0.480 e. The van der Waals surface area contributed by atoms with Crippen LogP contribution in [-0.4, -0.2) is 35.6 Å². The average molecular weight is 256 g/mol. The molecule has 5 heteroatoms. The highest BCUT2D eigenvalue weighted by molar-refractivity contribution is 5.87. The van der Waals surface area contributed by atoms with Crippen LogP contribution in [0.2, 0.25) is 0 Å². The summed E-state index contributed by atoms with van der Waals surface area (Å²) in [5, 5.41) is 14.9. The van der Waals surface area contributed by atoms with Crippen molar-refractivity contribution in [2.24, 2.45) is 5.92 Å². The molecule has 0 saturated carbocycles. The molecule has 1 aliphatic heterocycles. The van der Waals surface area contributed by atoms with Gasteiger partial charge in [-0.25, -0.2) is 4.79 Å². The zero-order valence-electron chi connectivity index (χ0n) is 11.2. The number of nitrogens with one attached hydrogen (secondary N) is 2. The second-order valence-corrected chi connectivity index (χ2v) is 5.28. The fourth-order valence-electron chi connectivity index (χ4n) is 2.20. The van der Waals surface area contributed by atoms with Gasteiger partial charge in [0.05, 0.1) is 6.04 Å². The van der Waals surface area contributed by atoms with E-state index in [2.05, 4.69) is 10.6 Å². The van der Waals surface area contributed by atoms with E-state index < -0.39 is 12.0 Å². The highest BCUT2D eigenvalue weighted by atomic mass is 16.4. The Morgan fingerprint density at radius 3 is 2.50 bits per heavy atom. The van der Waals surface area contributed by atoms with E-state index in [1.54, 1.807) is 13.8 Å². The van der Waals surface area contributed by atoms with Crippen LogP contribution in [0.5, 0.6) is 0 Å². The summed E-state index contributed by atoms with van der Waals surface area (Å²) in [4.78, 5) is 23.1. The first-order chi connectivity index (χ1) is 8.52. The maximum absolute atomic E-state index is 12.0. The van der Waals surface area contributed by atoms with Crippen LogP contribution in [0.25, 0.3) is 0 Å². The first-order valence-electron chi connectivity index (χ1n) is 6.79. The number of carbonyl (C=O) groups excluding carboxylic acids is 1. The average Bonchev–Trinajstić information content (AvgIpc) is 2.24. The molecule has 104 valence electrons. The highest BCUT2D eigenvalue weighted by Crippen LogP contribution is 2.10. The molecule has 0 spiro atoms. The van der Waals surface area contributed by atoms with Gasteiger partial charge in [-0.1, -0.05) is 33.1 Å². The van der Waals surface area contributed by atoms with E-state index in [0.717, 1.165) is 32.2 Å². The summed E-state index contributed by atoms with van der Waals surface area (Å²) < 4.78 is 0. The number of hydrogen-bond donors (Lipinski definition) is 3. The van der Waals surface area contributed by atoms with Crippen molar-refractivity contribution < 1.29 is 14.7 Å². The summed E-state index contributed by atoms with van der Waals surface area (Å²) in [6.07, 6.45) is 5.24. The van der Waals surface area contributed by atoms with Gasteiger partial charge >= 0.3 is 5.97 Å². The third-order valence-electron chi connectivity index (χ3n) is 3.36. The topological polar surface area (TPSA) is 78.4 Å². The highest BCUT2D eigenvalue weighted by Gasteiger charge is 2.27. The zero-order valence-corrected chi connectivity index (χ0v) is 11.2. The van der Waals surface area contributed by atoms with Gasteiger partial charge in [0.1, 0.15) is 6.04 Å². The lowest BCUT2D eigenvalue weighted by Gasteiger charge is -2.24.